The van der Waals surface area contributed by atoms with E-state index >= 15 is 0 Å². The van der Waals surface area contributed by atoms with Crippen molar-refractivity contribution in [3.05, 3.63) is 71.4 Å². The molecule has 0 radical (unpaired) electrons. The number of allylic oxidation sites excluding steroid dienone is 2. The van der Waals surface area contributed by atoms with Crippen molar-refractivity contribution in [2.45, 2.75) is 30.6 Å². The molecule has 1 atom stereocenters. The molecule has 1 heterocycles. The second-order valence-electron chi connectivity index (χ2n) is 6.81. The second kappa shape index (κ2) is 9.41. The van der Waals surface area contributed by atoms with E-state index in [0.29, 0.717) is 12.3 Å². The van der Waals surface area contributed by atoms with Crippen molar-refractivity contribution in [3.8, 4) is 11.5 Å². The summed E-state index contributed by atoms with van der Waals surface area (Å²) >= 11 is 5.98. The molecular formula is C21H16ClF6NO4S. The van der Waals surface area contributed by atoms with E-state index in [9.17, 15) is 34.8 Å². The number of hydrogen-bond donors (Lipinski definition) is 0. The number of benzene rings is 2. The van der Waals surface area contributed by atoms with Crippen LogP contribution < -0.4 is 14.4 Å². The van der Waals surface area contributed by atoms with Gasteiger partial charge in [0.15, 0.2) is 16.1 Å². The third kappa shape index (κ3) is 6.17. The summed E-state index contributed by atoms with van der Waals surface area (Å²) in [5.41, 5.74) is -1.25. The highest BCUT2D eigenvalue weighted by Gasteiger charge is 2.36. The molecule has 34 heavy (non-hydrogen) atoms. The van der Waals surface area contributed by atoms with Crippen LogP contribution in [-0.4, -0.2) is 32.9 Å². The molecular weight excluding hydrogens is 512 g/mol. The van der Waals surface area contributed by atoms with Gasteiger partial charge in [0.05, 0.1) is 22.6 Å². The van der Waals surface area contributed by atoms with Gasteiger partial charge in [-0.15, -0.1) is 13.2 Å². The molecule has 2 aromatic rings. The van der Waals surface area contributed by atoms with E-state index in [1.54, 1.807) is 0 Å². The summed E-state index contributed by atoms with van der Waals surface area (Å²) in [5, 5.41) is -0.368. The number of rotatable bonds is 6. The zero-order chi connectivity index (χ0) is 26.2. The lowest BCUT2D eigenvalue weighted by molar-refractivity contribution is -0.274. The van der Waals surface area contributed by atoms with Crippen molar-refractivity contribution >= 4 is 27.1 Å². The van der Waals surface area contributed by atoms with Crippen LogP contribution in [0.3, 0.4) is 0 Å². The highest BCUT2D eigenvalue weighted by Crippen LogP contribution is 2.36. The maximum Gasteiger partial charge on any atom is 0.573 e. The average molecular weight is 529 g/mol. The summed E-state index contributed by atoms with van der Waals surface area (Å²) in [6, 6.07) is 7.01. The van der Waals surface area contributed by atoms with Gasteiger partial charge in [0.1, 0.15) is 11.5 Å². The Morgan fingerprint density at radius 2 is 1.82 bits per heavy atom. The maximum atomic E-state index is 13.4. The van der Waals surface area contributed by atoms with Gasteiger partial charge < -0.3 is 14.4 Å². The monoisotopic (exact) mass is 528 g/mol. The van der Waals surface area contributed by atoms with Crippen molar-refractivity contribution < 1.29 is 45.6 Å². The lowest BCUT2D eigenvalue weighted by Crippen LogP contribution is -2.37. The largest absolute Gasteiger partial charge is 0.573 e. The van der Waals surface area contributed by atoms with Crippen molar-refractivity contribution in [1.82, 2.24) is 0 Å². The molecule has 0 saturated heterocycles. The van der Waals surface area contributed by atoms with Crippen LogP contribution in [-0.2, 0) is 9.84 Å². The lowest BCUT2D eigenvalue weighted by Gasteiger charge is -2.33. The molecule has 184 valence electrons. The molecule has 1 aliphatic rings. The fourth-order valence-electron chi connectivity index (χ4n) is 2.85. The summed E-state index contributed by atoms with van der Waals surface area (Å²) in [5.74, 6) is -1.17. The highest BCUT2D eigenvalue weighted by molar-refractivity contribution is 7.91. The van der Waals surface area contributed by atoms with Crippen molar-refractivity contribution in [2.75, 3.05) is 10.7 Å². The number of hydrogen-bond acceptors (Lipinski definition) is 5. The molecule has 0 saturated carbocycles. The van der Waals surface area contributed by atoms with Crippen LogP contribution in [0.2, 0.25) is 5.02 Å². The number of sulfone groups is 1. The van der Waals surface area contributed by atoms with Crippen LogP contribution in [0.25, 0.3) is 0 Å². The molecule has 0 aromatic heterocycles. The number of nitrogens with zero attached hydrogens (tertiary/aromatic N) is 1. The standard InChI is InChI=1S/C21H16ClF6NO4S/c1-2-34(30,31)16-5-3-4-14(10-16)29-12-13(20(23,24)25)6-9-19(29)32-18-8-7-15(11-17(18)22)33-21(26,27)28/h3-12,19H,2H2,1H3/i9D. The van der Waals surface area contributed by atoms with Crippen LogP contribution in [0, 0.1) is 0 Å². The summed E-state index contributed by atoms with van der Waals surface area (Å²) in [7, 11) is -3.72. The van der Waals surface area contributed by atoms with Gasteiger partial charge in [0, 0.05) is 18.0 Å². The van der Waals surface area contributed by atoms with Gasteiger partial charge in [0.25, 0.3) is 0 Å². The maximum absolute atomic E-state index is 13.4. The molecule has 1 aliphatic heterocycles. The Hall–Kier alpha value is -2.86. The number of anilines is 1. The molecule has 0 aliphatic carbocycles. The average Bonchev–Trinajstić information content (AvgIpc) is 2.74. The number of halogens is 7. The zero-order valence-electron chi connectivity index (χ0n) is 18.1. The first-order valence-corrected chi connectivity index (χ1v) is 11.4. The fourth-order valence-corrected chi connectivity index (χ4v) is 3.99. The third-order valence-corrected chi connectivity index (χ3v) is 6.50. The van der Waals surface area contributed by atoms with Crippen molar-refractivity contribution in [3.63, 3.8) is 0 Å². The molecule has 0 bridgehead atoms. The smallest absolute Gasteiger partial charge is 0.465 e. The predicted molar refractivity (Wildman–Crippen MR) is 112 cm³/mol. The SMILES string of the molecule is [2H]C1=CC(C(F)(F)F)=CN(c2cccc(S(=O)(=O)CC)c2)C1Oc1ccc(OC(F)(F)F)cc1Cl. The van der Waals surface area contributed by atoms with Crippen LogP contribution in [0.4, 0.5) is 32.0 Å². The van der Waals surface area contributed by atoms with Gasteiger partial charge in [-0.2, -0.15) is 13.2 Å². The van der Waals surface area contributed by atoms with Gasteiger partial charge in [0.2, 0.25) is 0 Å². The minimum absolute atomic E-state index is 0.0442. The van der Waals surface area contributed by atoms with Gasteiger partial charge in [-0.1, -0.05) is 24.6 Å². The topological polar surface area (TPSA) is 55.8 Å². The zero-order valence-corrected chi connectivity index (χ0v) is 18.7. The minimum Gasteiger partial charge on any atom is -0.465 e. The molecule has 0 N–H and O–H groups in total. The Bertz CT molecular complexity index is 1280. The Labute approximate surface area is 197 Å². The van der Waals surface area contributed by atoms with Gasteiger partial charge in [-0.05, 0) is 42.5 Å². The Kier molecular flexibility index (Phi) is 6.72. The van der Waals surface area contributed by atoms with Crippen molar-refractivity contribution in [2.24, 2.45) is 0 Å². The number of alkyl halides is 6. The molecule has 5 nitrogen and oxygen atoms in total. The minimum atomic E-state index is -4.98. The van der Waals surface area contributed by atoms with E-state index in [2.05, 4.69) is 4.74 Å². The first-order valence-electron chi connectivity index (χ1n) is 9.91. The molecule has 13 heteroatoms. The van der Waals surface area contributed by atoms with Crippen LogP contribution in [0.1, 0.15) is 8.29 Å². The van der Waals surface area contributed by atoms with E-state index in [1.807, 2.05) is 0 Å². The summed E-state index contributed by atoms with van der Waals surface area (Å²) < 4.78 is 120. The van der Waals surface area contributed by atoms with Crippen LogP contribution in [0.5, 0.6) is 11.5 Å². The predicted octanol–water partition coefficient (Wildman–Crippen LogP) is 6.26. The molecule has 0 spiro atoms. The van der Waals surface area contributed by atoms with Gasteiger partial charge in [-0.25, -0.2) is 8.42 Å². The molecule has 3 rings (SSSR count). The first kappa shape index (κ1) is 24.3. The molecule has 2 aromatic carbocycles. The van der Waals surface area contributed by atoms with E-state index in [0.717, 1.165) is 29.2 Å². The quantitative estimate of drug-likeness (QED) is 0.414. The van der Waals surface area contributed by atoms with E-state index in [1.165, 1.54) is 25.1 Å². The third-order valence-electron chi connectivity index (χ3n) is 4.47. The van der Waals surface area contributed by atoms with Gasteiger partial charge in [-0.3, -0.25) is 0 Å². The van der Waals surface area contributed by atoms with Gasteiger partial charge >= 0.3 is 12.5 Å². The Balaban J connectivity index is 2.04. The van der Waals surface area contributed by atoms with E-state index < -0.39 is 46.0 Å². The van der Waals surface area contributed by atoms with Crippen molar-refractivity contribution in [1.29, 1.82) is 0 Å². The molecule has 0 fully saturated rings. The highest BCUT2D eigenvalue weighted by atomic mass is 35.5. The summed E-state index contributed by atoms with van der Waals surface area (Å²) in [6.45, 7) is 1.40. The van der Waals surface area contributed by atoms with Crippen LogP contribution >= 0.6 is 11.6 Å². The van der Waals surface area contributed by atoms with Crippen LogP contribution in [0.15, 0.2) is 71.3 Å². The lowest BCUT2D eigenvalue weighted by atomic mass is 10.1. The molecule has 0 amide bonds. The Morgan fingerprint density at radius 3 is 2.41 bits per heavy atom. The first-order chi connectivity index (χ1) is 16.1. The van der Waals surface area contributed by atoms with E-state index in [4.69, 9.17) is 17.7 Å². The summed E-state index contributed by atoms with van der Waals surface area (Å²) in [6.07, 6.45) is -10.2. The number of ether oxygens (including phenoxy) is 2. The summed E-state index contributed by atoms with van der Waals surface area (Å²) in [4.78, 5) is 0.724. The Morgan fingerprint density at radius 1 is 1.12 bits per heavy atom. The normalized spacial score (nSPS) is 17.6. The second-order valence-corrected chi connectivity index (χ2v) is 9.50. The van der Waals surface area contributed by atoms with E-state index in [-0.39, 0.29) is 27.1 Å². The molecule has 1 unspecified atom stereocenters. The fraction of sp³-hybridized carbons (Fsp3) is 0.238.